The molecule has 1 saturated carbocycles. The fourth-order valence-electron chi connectivity index (χ4n) is 3.66. The zero-order valence-corrected chi connectivity index (χ0v) is 22.8. The maximum Gasteiger partial charge on any atom is 0.290 e. The Morgan fingerprint density at radius 3 is 2.26 bits per heavy atom. The summed E-state index contributed by atoms with van der Waals surface area (Å²) >= 11 is 0. The number of carboxylic acid groups (broad SMARTS) is 1. The molecule has 1 aliphatic carbocycles. The largest absolute Gasteiger partial charge is 0.520 e. The summed E-state index contributed by atoms with van der Waals surface area (Å²) in [7, 11) is 0. The molecular formula is C24H36FmN3O7-. The first-order valence-corrected chi connectivity index (χ1v) is 11.5. The molecule has 0 radical (unpaired) electrons. The third kappa shape index (κ3) is 11.1. The van der Waals surface area contributed by atoms with E-state index in [1.54, 1.807) is 26.0 Å². The van der Waals surface area contributed by atoms with Gasteiger partial charge >= 0.3 is 0 Å². The van der Waals surface area contributed by atoms with Gasteiger partial charge in [-0.05, 0) is 43.4 Å². The zero-order chi connectivity index (χ0) is 25.4. The van der Waals surface area contributed by atoms with E-state index in [0.29, 0.717) is 18.9 Å². The molecule has 10 nitrogen and oxygen atoms in total. The second-order valence-electron chi connectivity index (χ2n) is 8.23. The summed E-state index contributed by atoms with van der Waals surface area (Å²) < 4.78 is 12.1. The Morgan fingerprint density at radius 1 is 1.14 bits per heavy atom. The molecular weight excluding hydrogens is 699 g/mol. The van der Waals surface area contributed by atoms with Crippen molar-refractivity contribution in [1.82, 2.24) is 10.6 Å². The van der Waals surface area contributed by atoms with Crippen LogP contribution in [0.5, 0.6) is 0 Å². The van der Waals surface area contributed by atoms with Crippen LogP contribution in [0.3, 0.4) is 0 Å². The van der Waals surface area contributed by atoms with E-state index in [1.807, 2.05) is 19.1 Å². The Labute approximate surface area is 200 Å². The minimum Gasteiger partial charge on any atom is -0.520 e. The summed E-state index contributed by atoms with van der Waals surface area (Å²) in [6, 6.07) is 6.66. The van der Waals surface area contributed by atoms with Gasteiger partial charge in [-0.15, -0.1) is 0 Å². The molecule has 1 unspecified atom stereocenters. The van der Waals surface area contributed by atoms with E-state index >= 15 is 0 Å². The summed E-state index contributed by atoms with van der Waals surface area (Å²) in [6.07, 6.45) is 6.80. The molecule has 2 rings (SSSR count). The molecule has 0 saturated heterocycles. The van der Waals surface area contributed by atoms with E-state index in [1.165, 1.54) is 12.8 Å². The van der Waals surface area contributed by atoms with Gasteiger partial charge in [0.05, 0.1) is 19.2 Å². The first kappa shape index (κ1) is 31.0. The van der Waals surface area contributed by atoms with Crippen LogP contribution in [0, 0.1) is 5.92 Å². The van der Waals surface area contributed by atoms with Gasteiger partial charge in [0.1, 0.15) is 0 Å². The summed E-state index contributed by atoms with van der Waals surface area (Å²) in [5.41, 5.74) is 1.62. The topological polar surface area (TPSA) is 143 Å². The predicted octanol–water partition coefficient (Wildman–Crippen LogP) is 2.34. The summed E-state index contributed by atoms with van der Waals surface area (Å²) in [5, 5.41) is 14.5. The van der Waals surface area contributed by atoms with Crippen LogP contribution in [0.15, 0.2) is 24.3 Å². The van der Waals surface area contributed by atoms with Crippen LogP contribution in [0.25, 0.3) is 0 Å². The van der Waals surface area contributed by atoms with E-state index in [4.69, 9.17) is 19.4 Å². The van der Waals surface area contributed by atoms with Crippen molar-refractivity contribution < 1.29 is 33.8 Å². The molecule has 4 N–H and O–H groups in total. The maximum absolute atomic E-state index is 12.1. The molecule has 202 valence electrons. The van der Waals surface area contributed by atoms with Gasteiger partial charge < -0.3 is 35.3 Å². The van der Waals surface area contributed by atoms with Gasteiger partial charge in [-0.3, -0.25) is 14.4 Å². The predicted molar refractivity (Wildman–Crippen MR) is 126 cm³/mol. The first-order valence-electron chi connectivity index (χ1n) is 11.5. The van der Waals surface area contributed by atoms with Gasteiger partial charge in [-0.1, -0.05) is 32.4 Å². The van der Waals surface area contributed by atoms with Gasteiger partial charge in [-0.2, -0.15) is 6.41 Å². The van der Waals surface area contributed by atoms with E-state index in [0.717, 1.165) is 31.2 Å². The number of carbonyl (C=O) groups is 3. The van der Waals surface area contributed by atoms with Crippen LogP contribution < -0.4 is 16.0 Å². The second kappa shape index (κ2) is 16.6. The third-order valence-electron chi connectivity index (χ3n) is 5.35. The van der Waals surface area contributed by atoms with Crippen LogP contribution in [0.1, 0.15) is 58.4 Å². The number of amides is 3. The Balaban J connectivity index is 0.00000274. The fourth-order valence-corrected chi connectivity index (χ4v) is 3.66. The van der Waals surface area contributed by atoms with Crippen molar-refractivity contribution >= 4 is 30.4 Å². The smallest absolute Gasteiger partial charge is 0.290 e. The van der Waals surface area contributed by atoms with Crippen molar-refractivity contribution in [1.29, 1.82) is 0 Å². The molecule has 0 heterocycles. The molecule has 11 heteroatoms. The molecule has 1 aromatic carbocycles. The summed E-state index contributed by atoms with van der Waals surface area (Å²) in [5.74, 6) is -1.38. The van der Waals surface area contributed by atoms with Crippen molar-refractivity contribution in [2.24, 2.45) is 5.92 Å². The van der Waals surface area contributed by atoms with E-state index in [9.17, 15) is 14.4 Å². The SMILES string of the molecule is CCOC1(OCc2ccc(NC(=O)CNC(=O)C(N[C-]=O)C(C)C)cc2)CCCCC1.O=CO.[Fm]. The molecule has 1 aliphatic rings. The Morgan fingerprint density at radius 2 is 1.74 bits per heavy atom. The van der Waals surface area contributed by atoms with Gasteiger partial charge in [0, 0.05) is 25.1 Å². The number of rotatable bonds is 12. The molecule has 3 amide bonds. The van der Waals surface area contributed by atoms with Crippen molar-refractivity contribution in [2.75, 3.05) is 18.5 Å². The molecule has 0 bridgehead atoms. The Kier molecular flexibility index (Phi) is 14.7. The quantitative estimate of drug-likeness (QED) is 0.112. The van der Waals surface area contributed by atoms with Crippen LogP contribution in [-0.4, -0.2) is 54.8 Å². The van der Waals surface area contributed by atoms with Gasteiger partial charge in [0.25, 0.3) is 6.47 Å². The van der Waals surface area contributed by atoms with Crippen molar-refractivity contribution in [3.63, 3.8) is 0 Å². The van der Waals surface area contributed by atoms with Crippen molar-refractivity contribution in [2.45, 2.75) is 71.3 Å². The molecule has 0 spiro atoms. The second-order valence-corrected chi connectivity index (χ2v) is 8.23. The molecule has 1 fully saturated rings. The molecule has 1 aromatic rings. The van der Waals surface area contributed by atoms with Gasteiger partial charge in [-0.25, -0.2) is 0 Å². The zero-order valence-electron chi connectivity index (χ0n) is 20.4. The average Bonchev–Trinajstić information content (AvgIpc) is 2.82. The van der Waals surface area contributed by atoms with Crippen LogP contribution in [0.2, 0.25) is 0 Å². The minimum atomic E-state index is -0.728. The van der Waals surface area contributed by atoms with E-state index in [2.05, 4.69) is 16.0 Å². The monoisotopic (exact) mass is 735 g/mol. The Hall–Kier alpha value is -3.98. The van der Waals surface area contributed by atoms with Crippen LogP contribution in [0.4, 0.5) is 5.69 Å². The van der Waals surface area contributed by atoms with E-state index < -0.39 is 17.7 Å². The standard InChI is InChI=1S/C23H34N3O5.CH2O2.Fm/c1-4-30-23(12-6-5-7-13-23)31-15-18-8-10-19(11-9-18)26-20(28)14-24-22(29)21(17(2)3)25-16-27;2-1-3;/h8-11,17,21H,4-7,12-15H2,1-3H3,(H,24,29)(H,25,27)(H,26,28);1H,(H,2,3);/q-1;;. The Bertz CT molecular complexity index is 763. The molecule has 35 heavy (non-hydrogen) atoms. The van der Waals surface area contributed by atoms with Gasteiger partial charge in [0.2, 0.25) is 11.8 Å². The average molecular weight is 736 g/mol. The summed E-state index contributed by atoms with van der Waals surface area (Å²) in [4.78, 5) is 43.1. The minimum absolute atomic E-state index is 0. The number of hydrogen-bond donors (Lipinski definition) is 4. The van der Waals surface area contributed by atoms with Crippen molar-refractivity contribution in [3.8, 4) is 0 Å². The number of hydrogen-bond acceptors (Lipinski definition) is 6. The fraction of sp³-hybridized carbons (Fsp3) is 0.583. The summed E-state index contributed by atoms with van der Waals surface area (Å²) in [6.45, 7) is 6.21. The number of ether oxygens (including phenoxy) is 2. The van der Waals surface area contributed by atoms with Crippen LogP contribution in [-0.2, 0) is 35.3 Å². The normalized spacial score (nSPS) is 14.9. The molecule has 0 aromatic heterocycles. The number of benzene rings is 1. The number of carbonyl (C=O) groups excluding carboxylic acids is 3. The van der Waals surface area contributed by atoms with Gasteiger partial charge in [0.15, 0.2) is 5.79 Å². The van der Waals surface area contributed by atoms with E-state index in [-0.39, 0.29) is 24.8 Å². The number of anilines is 1. The maximum atomic E-state index is 12.1. The number of nitrogens with one attached hydrogen (secondary N) is 3. The van der Waals surface area contributed by atoms with Crippen LogP contribution >= 0.6 is 0 Å². The van der Waals surface area contributed by atoms with Crippen molar-refractivity contribution in [3.05, 3.63) is 29.8 Å². The first-order chi connectivity index (χ1) is 16.3. The molecule has 0 aliphatic heterocycles. The molecule has 1 atom stereocenters. The third-order valence-corrected chi connectivity index (χ3v) is 5.35.